The Labute approximate surface area is 363 Å². The second-order valence-corrected chi connectivity index (χ2v) is 19.8. The molecule has 10 rings (SSSR count). The molecule has 0 unspecified atom stereocenters. The molecule has 300 valence electrons. The highest BCUT2D eigenvalue weighted by Gasteiger charge is 2.49. The molecule has 0 bridgehead atoms. The summed E-state index contributed by atoms with van der Waals surface area (Å²) in [5.74, 6) is 0. The zero-order valence-electron chi connectivity index (χ0n) is 36.8. The molecule has 0 aliphatic heterocycles. The number of fused-ring (bicyclic) bond motifs is 6. The van der Waals surface area contributed by atoms with Crippen molar-refractivity contribution in [3.63, 3.8) is 0 Å². The first kappa shape index (κ1) is 38.7. The van der Waals surface area contributed by atoms with E-state index in [9.17, 15) is 0 Å². The molecule has 8 aromatic rings. The number of hydrogen-bond donors (Lipinski definition) is 0. The van der Waals surface area contributed by atoms with Crippen LogP contribution in [-0.2, 0) is 21.7 Å². The second kappa shape index (κ2) is 14.1. The minimum Gasteiger partial charge on any atom is -0.309 e. The summed E-state index contributed by atoms with van der Waals surface area (Å²) in [5, 5.41) is 0. The molecule has 2 aliphatic carbocycles. The normalized spacial score (nSPS) is 14.5. The molecule has 0 heterocycles. The second-order valence-electron chi connectivity index (χ2n) is 19.8. The van der Waals surface area contributed by atoms with Gasteiger partial charge >= 0.3 is 0 Å². The Morgan fingerprint density at radius 2 is 0.885 bits per heavy atom. The van der Waals surface area contributed by atoms with Gasteiger partial charge in [-0.3, -0.25) is 0 Å². The zero-order chi connectivity index (χ0) is 42.3. The van der Waals surface area contributed by atoms with Crippen molar-refractivity contribution >= 4 is 17.1 Å². The van der Waals surface area contributed by atoms with Gasteiger partial charge in [-0.05, 0) is 102 Å². The Bertz CT molecular complexity index is 2880. The summed E-state index contributed by atoms with van der Waals surface area (Å²) in [6.45, 7) is 18.9. The third-order valence-electron chi connectivity index (χ3n) is 13.7. The monoisotopic (exact) mass is 789 g/mol. The summed E-state index contributed by atoms with van der Waals surface area (Å²) in [5.41, 5.74) is 20.8. The third kappa shape index (κ3) is 6.04. The number of anilines is 3. The predicted octanol–water partition coefficient (Wildman–Crippen LogP) is 16.1. The average molecular weight is 790 g/mol. The quantitative estimate of drug-likeness (QED) is 0.162. The van der Waals surface area contributed by atoms with Gasteiger partial charge in [-0.1, -0.05) is 219 Å². The van der Waals surface area contributed by atoms with Crippen LogP contribution >= 0.6 is 0 Å². The van der Waals surface area contributed by atoms with Gasteiger partial charge in [-0.15, -0.1) is 0 Å². The number of hydrogen-bond acceptors (Lipinski definition) is 1. The van der Waals surface area contributed by atoms with Gasteiger partial charge in [0.25, 0.3) is 0 Å². The van der Waals surface area contributed by atoms with Crippen LogP contribution in [0, 0.1) is 0 Å². The van der Waals surface area contributed by atoms with Gasteiger partial charge in [0.05, 0.1) is 16.8 Å². The van der Waals surface area contributed by atoms with E-state index in [0.717, 1.165) is 5.69 Å². The van der Waals surface area contributed by atoms with E-state index in [1.54, 1.807) is 0 Å². The fourth-order valence-electron chi connectivity index (χ4n) is 10.4. The molecule has 0 amide bonds. The van der Waals surface area contributed by atoms with E-state index in [-0.39, 0.29) is 16.2 Å². The Kier molecular flexibility index (Phi) is 8.93. The standard InChI is InChI=1S/C60H55N/c1-57(2,3)44-33-36-48-51(37-44)60(42-23-14-10-15-24-42,43-25-16-11-17-26-43)52-38-45(58(4,5)6)39-54(56(48)52)61(46-34-31-41(32-35-46)40-21-12-9-13-22-40)53-30-20-29-50-55(53)47-27-18-19-28-49(47)59(50,7)8/h9-39H,1-8H3. The lowest BCUT2D eigenvalue weighted by atomic mass is 9.66. The Hall–Kier alpha value is -6.44. The van der Waals surface area contributed by atoms with E-state index in [1.165, 1.54) is 89.3 Å². The zero-order valence-corrected chi connectivity index (χ0v) is 36.8. The average Bonchev–Trinajstić information content (AvgIpc) is 3.70. The molecule has 2 aliphatic rings. The maximum atomic E-state index is 2.60. The summed E-state index contributed by atoms with van der Waals surface area (Å²) in [4.78, 5) is 2.60. The first-order valence-corrected chi connectivity index (χ1v) is 21.9. The van der Waals surface area contributed by atoms with E-state index in [0.29, 0.717) is 0 Å². The van der Waals surface area contributed by atoms with E-state index in [4.69, 9.17) is 0 Å². The van der Waals surface area contributed by atoms with Crippen LogP contribution in [0.4, 0.5) is 17.1 Å². The van der Waals surface area contributed by atoms with Gasteiger partial charge in [-0.2, -0.15) is 0 Å². The summed E-state index contributed by atoms with van der Waals surface area (Å²) < 4.78 is 0. The van der Waals surface area contributed by atoms with Gasteiger partial charge in [-0.25, -0.2) is 0 Å². The van der Waals surface area contributed by atoms with Crippen LogP contribution < -0.4 is 4.90 Å². The maximum absolute atomic E-state index is 2.60. The number of nitrogens with zero attached hydrogens (tertiary/aromatic N) is 1. The van der Waals surface area contributed by atoms with Crippen molar-refractivity contribution in [3.05, 3.63) is 233 Å². The Balaban J connectivity index is 1.37. The smallest absolute Gasteiger partial charge is 0.0714 e. The number of benzene rings is 8. The van der Waals surface area contributed by atoms with Crippen LogP contribution in [0.15, 0.2) is 188 Å². The maximum Gasteiger partial charge on any atom is 0.0714 e. The fraction of sp³-hybridized carbons (Fsp3) is 0.200. The molecule has 0 saturated carbocycles. The van der Waals surface area contributed by atoms with E-state index < -0.39 is 5.41 Å². The van der Waals surface area contributed by atoms with E-state index in [1.807, 2.05) is 0 Å². The molecular weight excluding hydrogens is 735 g/mol. The molecule has 0 radical (unpaired) electrons. The van der Waals surface area contributed by atoms with Crippen LogP contribution in [0.1, 0.15) is 99.9 Å². The summed E-state index contributed by atoms with van der Waals surface area (Å²) in [7, 11) is 0. The lowest BCUT2D eigenvalue weighted by Gasteiger charge is -2.37. The van der Waals surface area contributed by atoms with Crippen LogP contribution in [0.5, 0.6) is 0 Å². The van der Waals surface area contributed by atoms with Gasteiger partial charge in [0, 0.05) is 22.2 Å². The van der Waals surface area contributed by atoms with Crippen molar-refractivity contribution in [2.45, 2.75) is 77.0 Å². The van der Waals surface area contributed by atoms with Gasteiger partial charge in [0.15, 0.2) is 0 Å². The van der Waals surface area contributed by atoms with Crippen LogP contribution in [0.2, 0.25) is 0 Å². The highest BCUT2D eigenvalue weighted by molar-refractivity contribution is 6.02. The minimum atomic E-state index is -0.569. The van der Waals surface area contributed by atoms with Gasteiger partial charge < -0.3 is 4.90 Å². The molecule has 1 nitrogen and oxygen atoms in total. The van der Waals surface area contributed by atoms with Crippen molar-refractivity contribution in [1.29, 1.82) is 0 Å². The fourth-order valence-corrected chi connectivity index (χ4v) is 10.4. The summed E-state index contributed by atoms with van der Waals surface area (Å²) >= 11 is 0. The molecule has 0 spiro atoms. The summed E-state index contributed by atoms with van der Waals surface area (Å²) in [6.07, 6.45) is 0. The SMILES string of the molecule is CC(C)(C)c1ccc2c(c1)C(c1ccccc1)(c1ccccc1)c1cc(C(C)(C)C)cc(N(c3ccc(-c4ccccc4)cc3)c3cccc4c3-c3ccccc3C4(C)C)c1-2. The first-order chi connectivity index (χ1) is 29.3. The molecule has 1 heteroatoms. The largest absolute Gasteiger partial charge is 0.309 e. The molecule has 0 atom stereocenters. The van der Waals surface area contributed by atoms with Gasteiger partial charge in [0.2, 0.25) is 0 Å². The van der Waals surface area contributed by atoms with Crippen molar-refractivity contribution in [1.82, 2.24) is 0 Å². The molecule has 0 saturated heterocycles. The van der Waals surface area contributed by atoms with Crippen molar-refractivity contribution in [2.24, 2.45) is 0 Å². The Morgan fingerprint density at radius 3 is 1.51 bits per heavy atom. The van der Waals surface area contributed by atoms with E-state index >= 15 is 0 Å². The van der Waals surface area contributed by atoms with Crippen molar-refractivity contribution in [3.8, 4) is 33.4 Å². The lowest BCUT2D eigenvalue weighted by molar-refractivity contribution is 0.586. The lowest BCUT2D eigenvalue weighted by Crippen LogP contribution is -2.30. The highest BCUT2D eigenvalue weighted by atomic mass is 15.1. The van der Waals surface area contributed by atoms with Crippen LogP contribution in [0.3, 0.4) is 0 Å². The predicted molar refractivity (Wildman–Crippen MR) is 259 cm³/mol. The highest BCUT2D eigenvalue weighted by Crippen LogP contribution is 2.62. The minimum absolute atomic E-state index is 0.0420. The van der Waals surface area contributed by atoms with E-state index in [2.05, 4.69) is 248 Å². The summed E-state index contributed by atoms with van der Waals surface area (Å²) in [6, 6.07) is 71.0. The van der Waals surface area contributed by atoms with Crippen LogP contribution in [-0.4, -0.2) is 0 Å². The third-order valence-corrected chi connectivity index (χ3v) is 13.7. The van der Waals surface area contributed by atoms with Crippen LogP contribution in [0.25, 0.3) is 33.4 Å². The number of rotatable bonds is 6. The van der Waals surface area contributed by atoms with Crippen molar-refractivity contribution < 1.29 is 0 Å². The molecule has 8 aromatic carbocycles. The van der Waals surface area contributed by atoms with Crippen molar-refractivity contribution in [2.75, 3.05) is 4.90 Å². The topological polar surface area (TPSA) is 3.24 Å². The molecule has 0 aromatic heterocycles. The Morgan fingerprint density at radius 1 is 0.377 bits per heavy atom. The molecule has 0 N–H and O–H groups in total. The first-order valence-electron chi connectivity index (χ1n) is 21.9. The van der Waals surface area contributed by atoms with Gasteiger partial charge in [0.1, 0.15) is 0 Å². The molecule has 61 heavy (non-hydrogen) atoms. The molecular formula is C60H55N. The molecule has 0 fully saturated rings.